The molecule has 0 amide bonds. The predicted octanol–water partition coefficient (Wildman–Crippen LogP) is 1.13. The van der Waals surface area contributed by atoms with Crippen molar-refractivity contribution in [3.63, 3.8) is 0 Å². The summed E-state index contributed by atoms with van der Waals surface area (Å²) in [6.07, 6.45) is 2.69. The van der Waals surface area contributed by atoms with Crippen LogP contribution in [-0.2, 0) is 33.3 Å². The number of rotatable bonds is 26. The maximum absolute atomic E-state index is 12.6. The molecule has 0 aliphatic heterocycles. The van der Waals surface area contributed by atoms with Gasteiger partial charge in [-0.1, -0.05) is 13.8 Å². The minimum atomic E-state index is -0.956. The number of ketones is 2. The standard InChI is InChI=1S/C26H51N3O8/c1-7-25(3,22(30)19-29(5)20-24(32)33)27-11-9-13-35-14-10-15-37-21-23(31)26(4,8-2)28-12-16-36-18-17-34-6/h27-28H,7-21H2,1-6H3,(H,32,33). The number of nitrogens with zero attached hydrogens (tertiary/aromatic N) is 1. The summed E-state index contributed by atoms with van der Waals surface area (Å²) in [7, 11) is 3.25. The normalized spacial score (nSPS) is 14.9. The van der Waals surface area contributed by atoms with Gasteiger partial charge < -0.3 is 34.7 Å². The first-order chi connectivity index (χ1) is 17.5. The molecule has 0 fully saturated rings. The van der Waals surface area contributed by atoms with E-state index in [-0.39, 0.29) is 31.3 Å². The zero-order chi connectivity index (χ0) is 28.2. The van der Waals surface area contributed by atoms with Crippen LogP contribution >= 0.6 is 0 Å². The number of carboxylic acid groups (broad SMARTS) is 1. The van der Waals surface area contributed by atoms with Gasteiger partial charge in [-0.05, 0) is 53.1 Å². The van der Waals surface area contributed by atoms with Crippen LogP contribution < -0.4 is 10.6 Å². The molecule has 37 heavy (non-hydrogen) atoms. The van der Waals surface area contributed by atoms with Crippen LogP contribution in [0.4, 0.5) is 0 Å². The first-order valence-electron chi connectivity index (χ1n) is 13.2. The molecule has 0 bridgehead atoms. The highest BCUT2D eigenvalue weighted by atomic mass is 16.5. The highest BCUT2D eigenvalue weighted by molar-refractivity contribution is 5.90. The van der Waals surface area contributed by atoms with E-state index in [1.54, 1.807) is 14.2 Å². The number of aliphatic carboxylic acids is 1. The molecule has 3 N–H and O–H groups in total. The van der Waals surface area contributed by atoms with Gasteiger partial charge in [0.1, 0.15) is 6.61 Å². The molecule has 0 aliphatic rings. The van der Waals surface area contributed by atoms with Gasteiger partial charge in [0, 0.05) is 33.5 Å². The van der Waals surface area contributed by atoms with Crippen LogP contribution in [0.15, 0.2) is 0 Å². The van der Waals surface area contributed by atoms with Gasteiger partial charge in [-0.2, -0.15) is 0 Å². The molecule has 0 rings (SSSR count). The minimum Gasteiger partial charge on any atom is -0.480 e. The van der Waals surface area contributed by atoms with Gasteiger partial charge in [0.25, 0.3) is 0 Å². The van der Waals surface area contributed by atoms with Crippen LogP contribution in [0.25, 0.3) is 0 Å². The lowest BCUT2D eigenvalue weighted by Crippen LogP contribution is -2.53. The molecule has 11 heteroatoms. The van der Waals surface area contributed by atoms with Crippen molar-refractivity contribution in [2.75, 3.05) is 86.6 Å². The highest BCUT2D eigenvalue weighted by Crippen LogP contribution is 2.12. The second-order valence-electron chi connectivity index (χ2n) is 9.61. The summed E-state index contributed by atoms with van der Waals surface area (Å²) in [5.74, 6) is -0.972. The van der Waals surface area contributed by atoms with Gasteiger partial charge in [-0.15, -0.1) is 0 Å². The van der Waals surface area contributed by atoms with E-state index in [0.717, 1.165) is 6.42 Å². The van der Waals surface area contributed by atoms with Crippen LogP contribution in [0.3, 0.4) is 0 Å². The van der Waals surface area contributed by atoms with Crippen molar-refractivity contribution >= 4 is 17.5 Å². The summed E-state index contributed by atoms with van der Waals surface area (Å²) in [5, 5.41) is 15.4. The number of methoxy groups -OCH3 is 1. The number of hydrogen-bond donors (Lipinski definition) is 3. The SMILES string of the molecule is CCC(C)(NCCOCCOC)C(=O)COCCCOCCCNC(C)(CC)C(=O)CN(C)CC(=O)O. The number of hydrogen-bond acceptors (Lipinski definition) is 10. The molecule has 0 radical (unpaired) electrons. The number of Topliss-reactive ketones (excluding diaryl/α,β-unsaturated/α-hetero) is 2. The lowest BCUT2D eigenvalue weighted by molar-refractivity contribution is -0.138. The Kier molecular flexibility index (Phi) is 19.7. The van der Waals surface area contributed by atoms with Crippen LogP contribution in [0.1, 0.15) is 53.4 Å². The van der Waals surface area contributed by atoms with Crippen molar-refractivity contribution in [1.82, 2.24) is 15.5 Å². The average molecular weight is 534 g/mol. The van der Waals surface area contributed by atoms with Crippen molar-refractivity contribution in [2.24, 2.45) is 0 Å². The fourth-order valence-electron chi connectivity index (χ4n) is 3.42. The summed E-state index contributed by atoms with van der Waals surface area (Å²) in [6.45, 7) is 11.9. The first kappa shape index (κ1) is 35.5. The molecule has 218 valence electrons. The van der Waals surface area contributed by atoms with Gasteiger partial charge >= 0.3 is 5.97 Å². The largest absolute Gasteiger partial charge is 0.480 e. The molecular formula is C26H51N3O8. The van der Waals surface area contributed by atoms with Gasteiger partial charge in [0.05, 0.1) is 44.0 Å². The number of carbonyl (C=O) groups is 3. The number of carbonyl (C=O) groups excluding carboxylic acids is 2. The van der Waals surface area contributed by atoms with E-state index in [9.17, 15) is 14.4 Å². The predicted molar refractivity (Wildman–Crippen MR) is 142 cm³/mol. The fraction of sp³-hybridized carbons (Fsp3) is 0.885. The van der Waals surface area contributed by atoms with Crippen molar-refractivity contribution in [1.29, 1.82) is 0 Å². The number of likely N-dealkylation sites (N-methyl/N-ethyl adjacent to an activating group) is 1. The van der Waals surface area contributed by atoms with Gasteiger partial charge in [-0.3, -0.25) is 19.3 Å². The van der Waals surface area contributed by atoms with Crippen molar-refractivity contribution < 1.29 is 38.4 Å². The molecule has 0 saturated heterocycles. The van der Waals surface area contributed by atoms with E-state index in [0.29, 0.717) is 72.0 Å². The molecular weight excluding hydrogens is 482 g/mol. The van der Waals surface area contributed by atoms with Gasteiger partial charge in [-0.25, -0.2) is 0 Å². The van der Waals surface area contributed by atoms with Gasteiger partial charge in [0.15, 0.2) is 11.6 Å². The first-order valence-corrected chi connectivity index (χ1v) is 13.2. The minimum absolute atomic E-state index is 0.0153. The monoisotopic (exact) mass is 533 g/mol. The van der Waals surface area contributed by atoms with Crippen molar-refractivity contribution in [2.45, 2.75) is 64.5 Å². The number of carboxylic acids is 1. The van der Waals surface area contributed by atoms with E-state index >= 15 is 0 Å². The zero-order valence-corrected chi connectivity index (χ0v) is 23.9. The number of nitrogens with one attached hydrogen (secondary N) is 2. The molecule has 2 atom stereocenters. The highest BCUT2D eigenvalue weighted by Gasteiger charge is 2.31. The van der Waals surface area contributed by atoms with Crippen molar-refractivity contribution in [3.8, 4) is 0 Å². The molecule has 0 aromatic rings. The zero-order valence-electron chi connectivity index (χ0n) is 23.9. The number of ether oxygens (including phenoxy) is 4. The summed E-state index contributed by atoms with van der Waals surface area (Å²) < 4.78 is 21.6. The second kappa shape index (κ2) is 20.5. The third kappa shape index (κ3) is 16.2. The maximum atomic E-state index is 12.6. The van der Waals surface area contributed by atoms with E-state index in [2.05, 4.69) is 10.6 Å². The van der Waals surface area contributed by atoms with Crippen LogP contribution in [-0.4, -0.2) is 125 Å². The van der Waals surface area contributed by atoms with Gasteiger partial charge in [0.2, 0.25) is 0 Å². The molecule has 0 aromatic carbocycles. The summed E-state index contributed by atoms with van der Waals surface area (Å²) >= 11 is 0. The van der Waals surface area contributed by atoms with Crippen LogP contribution in [0.2, 0.25) is 0 Å². The Morgan fingerprint density at radius 2 is 1.32 bits per heavy atom. The smallest absolute Gasteiger partial charge is 0.317 e. The summed E-state index contributed by atoms with van der Waals surface area (Å²) in [6, 6.07) is 0. The van der Waals surface area contributed by atoms with Crippen molar-refractivity contribution in [3.05, 3.63) is 0 Å². The molecule has 11 nitrogen and oxygen atoms in total. The molecule has 0 spiro atoms. The lowest BCUT2D eigenvalue weighted by atomic mass is 9.92. The Morgan fingerprint density at radius 3 is 1.95 bits per heavy atom. The molecule has 0 aromatic heterocycles. The maximum Gasteiger partial charge on any atom is 0.317 e. The Labute approximate surface area is 222 Å². The molecule has 0 aliphatic carbocycles. The van der Waals surface area contributed by atoms with E-state index in [4.69, 9.17) is 24.1 Å². The van der Waals surface area contributed by atoms with E-state index in [1.807, 2.05) is 27.7 Å². The third-order valence-electron chi connectivity index (χ3n) is 6.45. The Balaban J connectivity index is 3.99. The van der Waals surface area contributed by atoms with E-state index in [1.165, 1.54) is 4.90 Å². The lowest BCUT2D eigenvalue weighted by Gasteiger charge is -2.30. The fourth-order valence-corrected chi connectivity index (χ4v) is 3.42. The summed E-state index contributed by atoms with van der Waals surface area (Å²) in [5.41, 5.74) is -1.35. The quantitative estimate of drug-likeness (QED) is 0.138. The molecule has 2 unspecified atom stereocenters. The van der Waals surface area contributed by atoms with E-state index < -0.39 is 17.0 Å². The average Bonchev–Trinajstić information content (AvgIpc) is 2.86. The van der Waals surface area contributed by atoms with Crippen LogP contribution in [0, 0.1) is 0 Å². The third-order valence-corrected chi connectivity index (χ3v) is 6.45. The topological polar surface area (TPSA) is 136 Å². The Morgan fingerprint density at radius 1 is 0.757 bits per heavy atom. The second-order valence-corrected chi connectivity index (χ2v) is 9.61. The molecule has 0 heterocycles. The Hall–Kier alpha value is -1.47. The summed E-state index contributed by atoms with van der Waals surface area (Å²) in [4.78, 5) is 37.5. The Bertz CT molecular complexity index is 651. The molecule has 0 saturated carbocycles. The van der Waals surface area contributed by atoms with Crippen LogP contribution in [0.5, 0.6) is 0 Å².